The van der Waals surface area contributed by atoms with Crippen molar-refractivity contribution >= 4 is 17.9 Å². The number of hydrogen-bond donors (Lipinski definition) is 2. The van der Waals surface area contributed by atoms with Gasteiger partial charge in [-0.3, -0.25) is 14.7 Å². The molecule has 2 N–H and O–H groups in total. The fourth-order valence-electron chi connectivity index (χ4n) is 0.972. The predicted molar refractivity (Wildman–Crippen MR) is 46.8 cm³/mol. The number of H-pyrrole nitrogens is 1. The number of ether oxygens (including phenoxy) is 1. The molecule has 0 aliphatic carbocycles. The monoisotopic (exact) mass is 210 g/mol. The summed E-state index contributed by atoms with van der Waals surface area (Å²) in [5.74, 6) is -0.423. The quantitative estimate of drug-likeness (QED) is 0.501. The summed E-state index contributed by atoms with van der Waals surface area (Å²) in [6.45, 7) is 0. The molecular formula is C7H6N4O4. The molecule has 0 saturated carbocycles. The fraction of sp³-hybridized carbons (Fsp3) is 0.143. The van der Waals surface area contributed by atoms with Gasteiger partial charge in [-0.25, -0.2) is 9.78 Å². The molecule has 0 saturated heterocycles. The molecule has 0 bridgehead atoms. The third kappa shape index (κ3) is 1.64. The Bertz CT molecular complexity index is 576. The molecule has 1 aromatic heterocycles. The Morgan fingerprint density at radius 3 is 3.13 bits per heavy atom. The minimum Gasteiger partial charge on any atom is -0.466 e. The van der Waals surface area contributed by atoms with Crippen molar-refractivity contribution in [1.29, 1.82) is 0 Å². The van der Waals surface area contributed by atoms with Crippen LogP contribution in [-0.2, 0) is 14.5 Å². The van der Waals surface area contributed by atoms with E-state index in [1.165, 1.54) is 7.11 Å². The first-order chi connectivity index (χ1) is 7.20. The SMILES string of the molecule is COC(=O)/C=c1/nc2c([nH]c1=O)=NON2. The van der Waals surface area contributed by atoms with Crippen molar-refractivity contribution in [2.24, 2.45) is 5.16 Å². The van der Waals surface area contributed by atoms with Crippen molar-refractivity contribution in [3.8, 4) is 0 Å². The van der Waals surface area contributed by atoms with Crippen LogP contribution in [0, 0.1) is 0 Å². The largest absolute Gasteiger partial charge is 0.466 e. The van der Waals surface area contributed by atoms with Crippen LogP contribution < -0.4 is 21.9 Å². The van der Waals surface area contributed by atoms with Crippen molar-refractivity contribution in [2.75, 3.05) is 12.6 Å². The van der Waals surface area contributed by atoms with E-state index in [0.29, 0.717) is 0 Å². The third-order valence-corrected chi connectivity index (χ3v) is 1.66. The van der Waals surface area contributed by atoms with Crippen LogP contribution in [0.3, 0.4) is 0 Å². The lowest BCUT2D eigenvalue weighted by Crippen LogP contribution is -2.37. The van der Waals surface area contributed by atoms with E-state index in [1.807, 2.05) is 0 Å². The molecule has 0 fully saturated rings. The van der Waals surface area contributed by atoms with Gasteiger partial charge in [-0.05, 0) is 5.16 Å². The van der Waals surface area contributed by atoms with Gasteiger partial charge in [0.1, 0.15) is 5.35 Å². The molecule has 2 rings (SSSR count). The number of rotatable bonds is 1. The average molecular weight is 210 g/mol. The number of hydrogen-bond acceptors (Lipinski definition) is 7. The van der Waals surface area contributed by atoms with Gasteiger partial charge in [-0.1, -0.05) is 0 Å². The summed E-state index contributed by atoms with van der Waals surface area (Å²) in [6, 6.07) is 0. The van der Waals surface area contributed by atoms with E-state index in [0.717, 1.165) is 6.08 Å². The molecule has 0 atom stereocenters. The van der Waals surface area contributed by atoms with E-state index in [-0.39, 0.29) is 16.7 Å². The second-order valence-corrected chi connectivity index (χ2v) is 2.60. The Balaban J connectivity index is 2.62. The number of methoxy groups -OCH3 is 1. The van der Waals surface area contributed by atoms with E-state index in [4.69, 9.17) is 0 Å². The van der Waals surface area contributed by atoms with Crippen LogP contribution in [0.25, 0.3) is 6.08 Å². The number of nitrogens with one attached hydrogen (secondary N) is 2. The molecule has 8 nitrogen and oxygen atoms in total. The van der Waals surface area contributed by atoms with E-state index >= 15 is 0 Å². The van der Waals surface area contributed by atoms with Gasteiger partial charge < -0.3 is 4.74 Å². The molecule has 15 heavy (non-hydrogen) atoms. The van der Waals surface area contributed by atoms with E-state index in [1.54, 1.807) is 0 Å². The topological polar surface area (TPSA) is 106 Å². The summed E-state index contributed by atoms with van der Waals surface area (Å²) < 4.78 is 4.37. The lowest BCUT2D eigenvalue weighted by molar-refractivity contribution is -0.133. The van der Waals surface area contributed by atoms with Gasteiger partial charge in [0.15, 0.2) is 0 Å². The molecule has 0 amide bonds. The number of fused-ring (bicyclic) bond motifs is 1. The van der Waals surface area contributed by atoms with Crippen molar-refractivity contribution in [2.45, 2.75) is 0 Å². The first-order valence-corrected chi connectivity index (χ1v) is 3.91. The molecule has 0 radical (unpaired) electrons. The smallest absolute Gasteiger partial charge is 0.332 e. The number of esters is 1. The van der Waals surface area contributed by atoms with Crippen LogP contribution in [0.2, 0.25) is 0 Å². The molecule has 1 aliphatic heterocycles. The Hall–Kier alpha value is -2.38. The molecule has 0 unspecified atom stereocenters. The second-order valence-electron chi connectivity index (χ2n) is 2.60. The zero-order chi connectivity index (χ0) is 10.8. The maximum atomic E-state index is 11.3. The number of anilines is 1. The van der Waals surface area contributed by atoms with Gasteiger partial charge in [0, 0.05) is 0 Å². The summed E-state index contributed by atoms with van der Waals surface area (Å²) in [4.78, 5) is 32.9. The number of nitrogens with zero attached hydrogens (tertiary/aromatic N) is 2. The summed E-state index contributed by atoms with van der Waals surface area (Å²) in [7, 11) is 1.21. The molecule has 1 aliphatic rings. The summed E-state index contributed by atoms with van der Waals surface area (Å²) in [5, 5.41) is 3.37. The van der Waals surface area contributed by atoms with Crippen molar-refractivity contribution in [1.82, 2.24) is 9.97 Å². The van der Waals surface area contributed by atoms with Crippen LogP contribution >= 0.6 is 0 Å². The fourth-order valence-corrected chi connectivity index (χ4v) is 0.972. The lowest BCUT2D eigenvalue weighted by atomic mass is 10.5. The predicted octanol–water partition coefficient (Wildman–Crippen LogP) is -2.38. The number of aromatic amines is 1. The maximum Gasteiger partial charge on any atom is 0.332 e. The average Bonchev–Trinajstić information content (AvgIpc) is 2.65. The highest BCUT2D eigenvalue weighted by Gasteiger charge is 2.08. The maximum absolute atomic E-state index is 11.3. The number of aromatic nitrogens is 2. The second kappa shape index (κ2) is 3.40. The van der Waals surface area contributed by atoms with Crippen LogP contribution in [0.1, 0.15) is 0 Å². The lowest BCUT2D eigenvalue weighted by Gasteiger charge is -1.92. The molecule has 0 aromatic carbocycles. The number of carbonyl (C=O) groups excluding carboxylic acids is 1. The standard InChI is InChI=1S/C7H6N4O4/c1-14-4(12)2-3-7(13)9-6-5(8-3)10-15-11-6/h2H,1H3,(H,8,10)(H,9,11,13)/b3-2+. The molecule has 1 aromatic rings. The highest BCUT2D eigenvalue weighted by atomic mass is 16.8. The third-order valence-electron chi connectivity index (χ3n) is 1.66. The minimum atomic E-state index is -0.663. The van der Waals surface area contributed by atoms with E-state index < -0.39 is 11.5 Å². The summed E-state index contributed by atoms with van der Waals surface area (Å²) >= 11 is 0. The minimum absolute atomic E-state index is 0.0752. The Morgan fingerprint density at radius 1 is 1.60 bits per heavy atom. The Morgan fingerprint density at radius 2 is 2.40 bits per heavy atom. The van der Waals surface area contributed by atoms with Gasteiger partial charge in [0.25, 0.3) is 5.56 Å². The van der Waals surface area contributed by atoms with Gasteiger partial charge in [0.05, 0.1) is 13.2 Å². The first kappa shape index (κ1) is 9.19. The number of carbonyl (C=O) groups is 1. The molecular weight excluding hydrogens is 204 g/mol. The van der Waals surface area contributed by atoms with E-state index in [9.17, 15) is 9.59 Å². The normalized spacial score (nSPS) is 13.5. The van der Waals surface area contributed by atoms with Gasteiger partial charge in [0.2, 0.25) is 11.3 Å². The van der Waals surface area contributed by atoms with Gasteiger partial charge in [-0.2, -0.15) is 5.48 Å². The van der Waals surface area contributed by atoms with Gasteiger partial charge >= 0.3 is 5.97 Å². The van der Waals surface area contributed by atoms with Crippen LogP contribution in [-0.4, -0.2) is 23.0 Å². The zero-order valence-corrected chi connectivity index (χ0v) is 7.60. The highest BCUT2D eigenvalue weighted by molar-refractivity contribution is 5.99. The molecule has 2 heterocycles. The van der Waals surface area contributed by atoms with E-state index in [2.05, 4.69) is 30.3 Å². The molecule has 8 heteroatoms. The van der Waals surface area contributed by atoms with Crippen LogP contribution in [0.15, 0.2) is 9.95 Å². The van der Waals surface area contributed by atoms with Crippen molar-refractivity contribution in [3.05, 3.63) is 21.2 Å². The molecule has 0 spiro atoms. The summed E-state index contributed by atoms with van der Waals surface area (Å²) in [5.41, 5.74) is 1.98. The summed E-state index contributed by atoms with van der Waals surface area (Å²) in [6.07, 6.45) is 0.971. The van der Waals surface area contributed by atoms with Crippen LogP contribution in [0.4, 0.5) is 5.82 Å². The zero-order valence-electron chi connectivity index (χ0n) is 7.60. The van der Waals surface area contributed by atoms with Crippen molar-refractivity contribution < 1.29 is 14.5 Å². The van der Waals surface area contributed by atoms with Crippen LogP contribution in [0.5, 0.6) is 0 Å². The van der Waals surface area contributed by atoms with Gasteiger partial charge in [-0.15, -0.1) is 0 Å². The van der Waals surface area contributed by atoms with Crippen molar-refractivity contribution in [3.63, 3.8) is 0 Å². The highest BCUT2D eigenvalue weighted by Crippen LogP contribution is 1.92. The Labute approximate surface area is 82.2 Å². The first-order valence-electron chi connectivity index (χ1n) is 3.91. The Kier molecular flexibility index (Phi) is 2.08. The molecule has 78 valence electrons.